The molecular weight excluding hydrogens is 264 g/mol. The van der Waals surface area contributed by atoms with Crippen molar-refractivity contribution in [3.63, 3.8) is 0 Å². The van der Waals surface area contributed by atoms with E-state index in [1.54, 1.807) is 0 Å². The summed E-state index contributed by atoms with van der Waals surface area (Å²) in [5.41, 5.74) is 10.1. The van der Waals surface area contributed by atoms with Crippen molar-refractivity contribution >= 4 is 32.5 Å². The van der Waals surface area contributed by atoms with Gasteiger partial charge in [-0.15, -0.1) is 0 Å². The lowest BCUT2D eigenvalue weighted by Gasteiger charge is -2.11. The minimum atomic E-state index is 0.394. The molecule has 0 saturated heterocycles. The van der Waals surface area contributed by atoms with Crippen LogP contribution < -0.4 is 5.73 Å². The van der Waals surface area contributed by atoms with Gasteiger partial charge in [0.25, 0.3) is 0 Å². The number of nitrogens with zero attached hydrogens (tertiary/aromatic N) is 1. The van der Waals surface area contributed by atoms with Crippen LogP contribution in [0.2, 0.25) is 0 Å². The molecule has 1 aromatic carbocycles. The fourth-order valence-electron chi connectivity index (χ4n) is 1.75. The number of hydrogen-bond acceptors (Lipinski definition) is 2. The van der Waals surface area contributed by atoms with Crippen molar-refractivity contribution in [3.05, 3.63) is 33.9 Å². The van der Waals surface area contributed by atoms with E-state index in [1.807, 2.05) is 18.2 Å². The van der Waals surface area contributed by atoms with E-state index >= 15 is 0 Å². The summed E-state index contributed by atoms with van der Waals surface area (Å²) in [5, 5.41) is 1.03. The van der Waals surface area contributed by atoms with E-state index < -0.39 is 0 Å². The first kappa shape index (κ1) is 11.4. The van der Waals surface area contributed by atoms with Crippen LogP contribution in [0.4, 0.5) is 5.69 Å². The lowest BCUT2D eigenvalue weighted by Crippen LogP contribution is -1.99. The summed E-state index contributed by atoms with van der Waals surface area (Å²) in [6.07, 6.45) is 0. The Kier molecular flexibility index (Phi) is 2.89. The number of aryl methyl sites for hydroxylation is 1. The zero-order chi connectivity index (χ0) is 11.9. The van der Waals surface area contributed by atoms with Gasteiger partial charge < -0.3 is 5.73 Å². The third-order valence-corrected chi connectivity index (χ3v) is 3.67. The van der Waals surface area contributed by atoms with Gasteiger partial charge in [-0.1, -0.05) is 29.8 Å². The fraction of sp³-hybridized carbons (Fsp3) is 0.308. The van der Waals surface area contributed by atoms with E-state index in [0.717, 1.165) is 32.3 Å². The smallest absolute Gasteiger partial charge is 0.0766 e. The first-order valence-electron chi connectivity index (χ1n) is 5.36. The van der Waals surface area contributed by atoms with Crippen LogP contribution in [0.5, 0.6) is 0 Å². The van der Waals surface area contributed by atoms with E-state index in [9.17, 15) is 0 Å². The number of halogens is 1. The molecule has 0 atom stereocenters. The van der Waals surface area contributed by atoms with Crippen LogP contribution in [-0.2, 0) is 0 Å². The molecule has 3 heteroatoms. The highest BCUT2D eigenvalue weighted by Crippen LogP contribution is 2.29. The standard InChI is InChI=1S/C13H15BrN2/c1-7(2)12-6-11(15)9-4-5-10(14)8(3)13(9)16-12/h4-7H,1-3H3,(H2,15,16). The molecule has 2 N–H and O–H groups in total. The lowest BCUT2D eigenvalue weighted by molar-refractivity contribution is 0.830. The first-order valence-corrected chi connectivity index (χ1v) is 6.15. The maximum atomic E-state index is 6.06. The molecule has 16 heavy (non-hydrogen) atoms. The molecule has 0 unspecified atom stereocenters. The van der Waals surface area contributed by atoms with Gasteiger partial charge in [-0.05, 0) is 36.6 Å². The topological polar surface area (TPSA) is 38.9 Å². The number of aromatic nitrogens is 1. The molecule has 2 nitrogen and oxygen atoms in total. The van der Waals surface area contributed by atoms with Crippen molar-refractivity contribution < 1.29 is 0 Å². The van der Waals surface area contributed by atoms with Crippen molar-refractivity contribution in [2.45, 2.75) is 26.7 Å². The summed E-state index contributed by atoms with van der Waals surface area (Å²) in [6.45, 7) is 6.31. The van der Waals surface area contributed by atoms with E-state index in [4.69, 9.17) is 5.73 Å². The predicted molar refractivity (Wildman–Crippen MR) is 72.7 cm³/mol. The Labute approximate surface area is 104 Å². The van der Waals surface area contributed by atoms with E-state index in [-0.39, 0.29) is 0 Å². The van der Waals surface area contributed by atoms with Gasteiger partial charge in [-0.25, -0.2) is 0 Å². The highest BCUT2D eigenvalue weighted by Gasteiger charge is 2.09. The van der Waals surface area contributed by atoms with Gasteiger partial charge in [0.05, 0.1) is 5.52 Å². The second-order valence-corrected chi connectivity index (χ2v) is 5.21. The van der Waals surface area contributed by atoms with Crippen LogP contribution in [0.25, 0.3) is 10.9 Å². The molecule has 2 aromatic rings. The second kappa shape index (κ2) is 4.06. The van der Waals surface area contributed by atoms with Gasteiger partial charge in [0, 0.05) is 21.2 Å². The van der Waals surface area contributed by atoms with E-state index in [1.165, 1.54) is 0 Å². The number of anilines is 1. The zero-order valence-electron chi connectivity index (χ0n) is 9.71. The van der Waals surface area contributed by atoms with Crippen molar-refractivity contribution in [1.29, 1.82) is 0 Å². The van der Waals surface area contributed by atoms with Crippen LogP contribution in [0.3, 0.4) is 0 Å². The molecule has 1 aromatic heterocycles. The van der Waals surface area contributed by atoms with Crippen LogP contribution in [0.1, 0.15) is 31.0 Å². The molecular formula is C13H15BrN2. The highest BCUT2D eigenvalue weighted by molar-refractivity contribution is 9.10. The maximum absolute atomic E-state index is 6.06. The van der Waals surface area contributed by atoms with Crippen LogP contribution in [0.15, 0.2) is 22.7 Å². The third kappa shape index (κ3) is 1.80. The van der Waals surface area contributed by atoms with Crippen LogP contribution in [-0.4, -0.2) is 4.98 Å². The normalized spacial score (nSPS) is 11.3. The Morgan fingerprint density at radius 3 is 2.62 bits per heavy atom. The predicted octanol–water partition coefficient (Wildman–Crippen LogP) is 4.01. The number of rotatable bonds is 1. The molecule has 0 saturated carbocycles. The number of benzene rings is 1. The van der Waals surface area contributed by atoms with Gasteiger partial charge in [0.15, 0.2) is 0 Å². The average molecular weight is 279 g/mol. The number of nitrogen functional groups attached to an aromatic ring is 1. The first-order chi connectivity index (χ1) is 7.50. The largest absolute Gasteiger partial charge is 0.398 e. The van der Waals surface area contributed by atoms with Crippen molar-refractivity contribution in [2.24, 2.45) is 0 Å². The molecule has 0 bridgehead atoms. The van der Waals surface area contributed by atoms with Crippen molar-refractivity contribution in [1.82, 2.24) is 4.98 Å². The molecule has 0 fully saturated rings. The molecule has 0 spiro atoms. The van der Waals surface area contributed by atoms with Crippen molar-refractivity contribution in [2.75, 3.05) is 5.73 Å². The molecule has 1 heterocycles. The third-order valence-electron chi connectivity index (χ3n) is 2.81. The maximum Gasteiger partial charge on any atom is 0.0766 e. The number of nitrogens with two attached hydrogens (primary N) is 1. The fourth-order valence-corrected chi connectivity index (χ4v) is 2.07. The summed E-state index contributed by atoms with van der Waals surface area (Å²) in [4.78, 5) is 4.69. The monoisotopic (exact) mass is 278 g/mol. The molecule has 0 aliphatic heterocycles. The molecule has 0 radical (unpaired) electrons. The summed E-state index contributed by atoms with van der Waals surface area (Å²) >= 11 is 3.52. The number of fused-ring (bicyclic) bond motifs is 1. The Balaban J connectivity index is 2.83. The second-order valence-electron chi connectivity index (χ2n) is 4.36. The molecule has 0 aliphatic carbocycles. The summed E-state index contributed by atoms with van der Waals surface area (Å²) in [7, 11) is 0. The zero-order valence-corrected chi connectivity index (χ0v) is 11.3. The Morgan fingerprint density at radius 2 is 2.00 bits per heavy atom. The minimum Gasteiger partial charge on any atom is -0.398 e. The SMILES string of the molecule is Cc1c(Br)ccc2c(N)cc(C(C)C)nc12. The van der Waals surface area contributed by atoms with E-state index in [0.29, 0.717) is 5.92 Å². The van der Waals surface area contributed by atoms with Crippen molar-refractivity contribution in [3.8, 4) is 0 Å². The molecule has 84 valence electrons. The molecule has 0 amide bonds. The lowest BCUT2D eigenvalue weighted by atomic mass is 10.0. The Bertz CT molecular complexity index is 547. The molecule has 2 rings (SSSR count). The average Bonchev–Trinajstić information content (AvgIpc) is 2.23. The summed E-state index contributed by atoms with van der Waals surface area (Å²) in [6, 6.07) is 6.00. The molecule has 0 aliphatic rings. The van der Waals surface area contributed by atoms with Gasteiger partial charge in [-0.3, -0.25) is 4.98 Å². The highest BCUT2D eigenvalue weighted by atomic mass is 79.9. The summed E-state index contributed by atoms with van der Waals surface area (Å²) in [5.74, 6) is 0.394. The van der Waals surface area contributed by atoms with Gasteiger partial charge in [0.1, 0.15) is 0 Å². The minimum absolute atomic E-state index is 0.394. The van der Waals surface area contributed by atoms with Crippen LogP contribution in [0, 0.1) is 6.92 Å². The number of pyridine rings is 1. The van der Waals surface area contributed by atoms with Gasteiger partial charge in [0.2, 0.25) is 0 Å². The summed E-state index contributed by atoms with van der Waals surface area (Å²) < 4.78 is 1.08. The quantitative estimate of drug-likeness (QED) is 0.856. The number of hydrogen-bond donors (Lipinski definition) is 1. The van der Waals surface area contributed by atoms with Gasteiger partial charge in [-0.2, -0.15) is 0 Å². The van der Waals surface area contributed by atoms with E-state index in [2.05, 4.69) is 41.7 Å². The Hall–Kier alpha value is -1.09. The van der Waals surface area contributed by atoms with Gasteiger partial charge >= 0.3 is 0 Å². The van der Waals surface area contributed by atoms with Crippen LogP contribution >= 0.6 is 15.9 Å². The Morgan fingerprint density at radius 1 is 1.31 bits per heavy atom.